The van der Waals surface area contributed by atoms with E-state index in [9.17, 15) is 0 Å². The molecule has 0 spiro atoms. The second-order valence-corrected chi connectivity index (χ2v) is 14.0. The van der Waals surface area contributed by atoms with Gasteiger partial charge in [-0.15, -0.1) is 64.9 Å². The van der Waals surface area contributed by atoms with E-state index in [-0.39, 0.29) is 32.4 Å². The average Bonchev–Trinajstić information content (AvgIpc) is 3.54. The average molecular weight is 788 g/mol. The fourth-order valence-electron chi connectivity index (χ4n) is 5.59. The molecule has 45 heavy (non-hydrogen) atoms. The first-order chi connectivity index (χ1) is 21.5. The van der Waals surface area contributed by atoms with E-state index in [1.54, 1.807) is 0 Å². The molecule has 0 unspecified atom stereocenters. The minimum atomic E-state index is -0.0622. The van der Waals surface area contributed by atoms with Crippen molar-refractivity contribution in [2.45, 2.75) is 67.7 Å². The van der Waals surface area contributed by atoms with Gasteiger partial charge in [0, 0.05) is 54.2 Å². The summed E-state index contributed by atoms with van der Waals surface area (Å²) in [5.74, 6) is 0. The smallest absolute Gasteiger partial charge is 0.129 e. The Kier molecular flexibility index (Phi) is 8.80. The molecule has 0 saturated heterocycles. The number of nitrogens with zero attached hydrogens (tertiary/aromatic N) is 2. The van der Waals surface area contributed by atoms with E-state index >= 15 is 0 Å². The van der Waals surface area contributed by atoms with Crippen molar-refractivity contribution in [3.05, 3.63) is 117 Å². The Morgan fingerprint density at radius 2 is 1.53 bits per heavy atom. The van der Waals surface area contributed by atoms with E-state index in [0.717, 1.165) is 55.6 Å². The van der Waals surface area contributed by atoms with E-state index in [0.29, 0.717) is 0 Å². The van der Waals surface area contributed by atoms with Crippen molar-refractivity contribution in [3.8, 4) is 22.5 Å². The maximum Gasteiger partial charge on any atom is 0.129 e. The second-order valence-electron chi connectivity index (χ2n) is 12.7. The number of pyridine rings is 2. The van der Waals surface area contributed by atoms with Gasteiger partial charge in [0.2, 0.25) is 0 Å². The molecule has 0 saturated carbocycles. The first-order valence-corrected chi connectivity index (χ1v) is 15.7. The van der Waals surface area contributed by atoms with Gasteiger partial charge in [-0.2, -0.15) is 0 Å². The molecule has 4 aromatic heterocycles. The Bertz CT molecular complexity index is 2190. The second kappa shape index (κ2) is 12.6. The molecule has 0 aliphatic carbocycles. The number of thiophene rings is 1. The zero-order valence-corrected chi connectivity index (χ0v) is 30.3. The zero-order chi connectivity index (χ0) is 32.0. The molecule has 0 atom stereocenters. The molecular weight excluding hydrogens is 749 g/mol. The van der Waals surface area contributed by atoms with Crippen molar-refractivity contribution in [2.75, 3.05) is 0 Å². The number of fused-ring (bicyclic) bond motifs is 5. The number of aryl methyl sites for hydroxylation is 6. The van der Waals surface area contributed by atoms with Crippen molar-refractivity contribution < 1.29 is 25.9 Å². The third kappa shape index (κ3) is 6.27. The topological polar surface area (TPSA) is 38.9 Å². The maximum atomic E-state index is 7.88. The molecule has 0 aliphatic rings. The summed E-state index contributed by atoms with van der Waals surface area (Å²) in [4.78, 5) is 10.4. The van der Waals surface area contributed by atoms with Crippen LogP contribution in [0.3, 0.4) is 0 Å². The van der Waals surface area contributed by atoms with Crippen LogP contribution in [0.25, 0.3) is 54.5 Å². The summed E-state index contributed by atoms with van der Waals surface area (Å²) in [6, 6.07) is 25.4. The molecule has 1 radical (unpaired) electrons. The van der Waals surface area contributed by atoms with E-state index in [1.165, 1.54) is 37.2 Å². The number of rotatable bonds is 2. The molecule has 5 heteroatoms. The summed E-state index contributed by atoms with van der Waals surface area (Å²) in [5, 5.41) is 3.44. The van der Waals surface area contributed by atoms with Gasteiger partial charge < -0.3 is 14.4 Å². The molecule has 0 fully saturated rings. The van der Waals surface area contributed by atoms with Gasteiger partial charge >= 0.3 is 0 Å². The van der Waals surface area contributed by atoms with Gasteiger partial charge in [-0.25, -0.2) is 0 Å². The van der Waals surface area contributed by atoms with Crippen LogP contribution in [0.4, 0.5) is 0 Å². The molecule has 3 aromatic carbocycles. The van der Waals surface area contributed by atoms with E-state index < -0.39 is 0 Å². The quantitative estimate of drug-likeness (QED) is 0.164. The van der Waals surface area contributed by atoms with Crippen LogP contribution in [0.15, 0.2) is 71.4 Å². The molecule has 0 bridgehead atoms. The van der Waals surface area contributed by atoms with Crippen LogP contribution in [0.5, 0.6) is 0 Å². The molecule has 7 aromatic rings. The molecule has 0 aliphatic heterocycles. The van der Waals surface area contributed by atoms with Crippen molar-refractivity contribution in [1.29, 1.82) is 0 Å². The third-order valence-electron chi connectivity index (χ3n) is 8.40. The van der Waals surface area contributed by atoms with Gasteiger partial charge in [-0.1, -0.05) is 62.4 Å². The summed E-state index contributed by atoms with van der Waals surface area (Å²) in [7, 11) is 0. The number of aromatic nitrogens is 2. The summed E-state index contributed by atoms with van der Waals surface area (Å²) in [5.41, 5.74) is 12.6. The van der Waals surface area contributed by atoms with Crippen LogP contribution < -0.4 is 0 Å². The summed E-state index contributed by atoms with van der Waals surface area (Å²) in [6.07, 6.45) is 3.75. The molecule has 0 N–H and O–H groups in total. The van der Waals surface area contributed by atoms with Crippen molar-refractivity contribution in [3.63, 3.8) is 0 Å². The standard InChI is InChI=1S/C26H24NOS.C14H14N.Ir/c1-14-13-27-21(12-20(14)26(4,5)6)19-9-7-8-17-18-10-11-22-23(15(2)16(3)29-22)25(18)28-24(17)19;1-10-4-6-13(7-5-10)14-8-11(2)12(3)9-15-14;/h7-8,10-13H,1-6H3;4-6,8-9H,1-3H3;/q2*-1;/i1D;;. The van der Waals surface area contributed by atoms with Crippen LogP contribution in [0.2, 0.25) is 0 Å². The first-order valence-electron chi connectivity index (χ1n) is 15.6. The van der Waals surface area contributed by atoms with Gasteiger partial charge in [-0.05, 0) is 79.7 Å². The summed E-state index contributed by atoms with van der Waals surface area (Å²) < 4.78 is 15.7. The van der Waals surface area contributed by atoms with Gasteiger partial charge in [0.25, 0.3) is 0 Å². The normalized spacial score (nSPS) is 11.8. The number of hydrogen-bond donors (Lipinski definition) is 0. The van der Waals surface area contributed by atoms with Crippen LogP contribution in [0.1, 0.15) is 60.4 Å². The Balaban J connectivity index is 0.000000220. The fraction of sp³-hybridized carbons (Fsp3) is 0.250. The minimum absolute atomic E-state index is 0. The Morgan fingerprint density at radius 3 is 2.22 bits per heavy atom. The number of benzene rings is 3. The van der Waals surface area contributed by atoms with Gasteiger partial charge in [-0.3, -0.25) is 0 Å². The van der Waals surface area contributed by atoms with E-state index in [4.69, 9.17) is 5.79 Å². The predicted molar refractivity (Wildman–Crippen MR) is 187 cm³/mol. The van der Waals surface area contributed by atoms with Crippen molar-refractivity contribution in [2.24, 2.45) is 0 Å². The monoisotopic (exact) mass is 788 g/mol. The van der Waals surface area contributed by atoms with E-state index in [1.807, 2.05) is 35.9 Å². The molecule has 7 rings (SSSR count). The Hall–Kier alpha value is -3.63. The van der Waals surface area contributed by atoms with Gasteiger partial charge in [0.05, 0.1) is 5.58 Å². The fourth-order valence-corrected chi connectivity index (χ4v) is 6.66. The Labute approximate surface area is 285 Å². The number of hydrogen-bond acceptors (Lipinski definition) is 4. The molecule has 3 nitrogen and oxygen atoms in total. The summed E-state index contributed by atoms with van der Waals surface area (Å²) in [6.45, 7) is 17.3. The molecule has 231 valence electrons. The van der Waals surface area contributed by atoms with Crippen molar-refractivity contribution in [1.82, 2.24) is 9.97 Å². The third-order valence-corrected chi connectivity index (χ3v) is 9.57. The van der Waals surface area contributed by atoms with Gasteiger partial charge in [0.15, 0.2) is 0 Å². The van der Waals surface area contributed by atoms with Gasteiger partial charge in [0.1, 0.15) is 5.58 Å². The molecular formula is C40H38IrN2OS-2. The zero-order valence-electron chi connectivity index (χ0n) is 28.1. The van der Waals surface area contributed by atoms with Crippen LogP contribution in [-0.4, -0.2) is 9.97 Å². The van der Waals surface area contributed by atoms with Crippen molar-refractivity contribution >= 4 is 43.4 Å². The van der Waals surface area contributed by atoms with Crippen LogP contribution in [0, 0.1) is 53.7 Å². The number of furan rings is 1. The first kappa shape index (κ1) is 31.4. The summed E-state index contributed by atoms with van der Waals surface area (Å²) >= 11 is 1.81. The van der Waals surface area contributed by atoms with Crippen LogP contribution in [-0.2, 0) is 25.5 Å². The SMILES string of the molecule is Cc1c[c-]c(-c2cc(C)c(C)cn2)cc1.[2H]Cc1cnc(-c2[c-]ccc3c2oc2c3ccc3sc(C)c(C)c32)cc1C(C)(C)C.[Ir]. The minimum Gasteiger partial charge on any atom is -0.500 e. The molecule has 0 amide bonds. The van der Waals surface area contributed by atoms with Crippen LogP contribution >= 0.6 is 11.3 Å². The predicted octanol–water partition coefficient (Wildman–Crippen LogP) is 11.4. The Morgan fingerprint density at radius 1 is 0.800 bits per heavy atom. The molecule has 4 heterocycles. The maximum absolute atomic E-state index is 7.88. The largest absolute Gasteiger partial charge is 0.500 e. The van der Waals surface area contributed by atoms with E-state index in [2.05, 4.69) is 120 Å².